The van der Waals surface area contributed by atoms with Crippen molar-refractivity contribution in [2.45, 2.75) is 32.3 Å². The first-order chi connectivity index (χ1) is 8.08. The Hall–Kier alpha value is -1.84. The van der Waals surface area contributed by atoms with Crippen molar-refractivity contribution in [3.05, 3.63) is 29.8 Å². The normalized spacial score (nSPS) is 19.6. The van der Waals surface area contributed by atoms with Crippen LogP contribution in [0.4, 0.5) is 0 Å². The zero-order chi connectivity index (χ0) is 12.4. The van der Waals surface area contributed by atoms with E-state index in [2.05, 4.69) is 4.74 Å². The third kappa shape index (κ3) is 2.46. The van der Waals surface area contributed by atoms with Crippen LogP contribution in [0.15, 0.2) is 24.3 Å². The summed E-state index contributed by atoms with van der Waals surface area (Å²) in [7, 11) is 0. The quantitative estimate of drug-likeness (QED) is 0.593. The minimum Gasteiger partial charge on any atom is -0.491 e. The minimum atomic E-state index is -0.530. The molecule has 1 aromatic carbocycles. The minimum absolute atomic E-state index is 0.0178. The average Bonchev–Trinajstić information content (AvgIpc) is 2.58. The molecule has 17 heavy (non-hydrogen) atoms. The third-order valence-electron chi connectivity index (χ3n) is 2.53. The summed E-state index contributed by atoms with van der Waals surface area (Å²) in [5.41, 5.74) is 0.719. The monoisotopic (exact) mass is 234 g/mol. The van der Waals surface area contributed by atoms with Crippen molar-refractivity contribution in [2.24, 2.45) is 0 Å². The Morgan fingerprint density at radius 2 is 2.00 bits per heavy atom. The van der Waals surface area contributed by atoms with Crippen LogP contribution in [0.5, 0.6) is 5.75 Å². The van der Waals surface area contributed by atoms with Crippen molar-refractivity contribution in [3.63, 3.8) is 0 Å². The Morgan fingerprint density at radius 1 is 1.29 bits per heavy atom. The van der Waals surface area contributed by atoms with Crippen molar-refractivity contribution in [1.29, 1.82) is 0 Å². The molecule has 0 radical (unpaired) electrons. The highest BCUT2D eigenvalue weighted by Crippen LogP contribution is 2.34. The van der Waals surface area contributed by atoms with Gasteiger partial charge in [0.05, 0.1) is 18.4 Å². The molecule has 1 fully saturated rings. The maximum absolute atomic E-state index is 11.5. The summed E-state index contributed by atoms with van der Waals surface area (Å²) in [5.74, 6) is -0.856. The van der Waals surface area contributed by atoms with Crippen molar-refractivity contribution in [3.8, 4) is 5.75 Å². The number of ether oxygens (including phenoxy) is 2. The van der Waals surface area contributed by atoms with Crippen molar-refractivity contribution < 1.29 is 19.1 Å². The van der Waals surface area contributed by atoms with Gasteiger partial charge in [-0.1, -0.05) is 18.2 Å². The van der Waals surface area contributed by atoms with Crippen LogP contribution in [0, 0.1) is 0 Å². The molecule has 0 spiro atoms. The summed E-state index contributed by atoms with van der Waals surface area (Å²) in [5, 5.41) is 0. The molecule has 0 saturated carbocycles. The Balaban J connectivity index is 2.31. The zero-order valence-electron chi connectivity index (χ0n) is 9.80. The van der Waals surface area contributed by atoms with Crippen LogP contribution < -0.4 is 4.74 Å². The molecule has 90 valence electrons. The molecule has 4 nitrogen and oxygen atoms in total. The predicted molar refractivity (Wildman–Crippen MR) is 60.7 cm³/mol. The highest BCUT2D eigenvalue weighted by Gasteiger charge is 2.36. The summed E-state index contributed by atoms with van der Waals surface area (Å²) in [6.07, 6.45) is 0.112. The lowest BCUT2D eigenvalue weighted by Gasteiger charge is -2.15. The Labute approximate surface area is 99.5 Å². The maximum Gasteiger partial charge on any atom is 0.321 e. The highest BCUT2D eigenvalue weighted by molar-refractivity contribution is 5.98. The van der Waals surface area contributed by atoms with Crippen LogP contribution in [-0.2, 0) is 14.3 Å². The Morgan fingerprint density at radius 3 is 2.59 bits per heavy atom. The lowest BCUT2D eigenvalue weighted by Crippen LogP contribution is -2.11. The Bertz CT molecular complexity index is 450. The second kappa shape index (κ2) is 4.57. The number of benzene rings is 1. The molecule has 4 heteroatoms. The van der Waals surface area contributed by atoms with E-state index in [0.717, 1.165) is 5.56 Å². The largest absolute Gasteiger partial charge is 0.491 e. The highest BCUT2D eigenvalue weighted by atomic mass is 16.6. The van der Waals surface area contributed by atoms with Gasteiger partial charge in [-0.15, -0.1) is 0 Å². The number of cyclic esters (lactones) is 2. The zero-order valence-corrected chi connectivity index (χ0v) is 9.80. The predicted octanol–water partition coefficient (Wildman–Crippen LogP) is 2.03. The second-order valence-corrected chi connectivity index (χ2v) is 4.25. The SMILES string of the molecule is CC(C)Oc1ccccc1C1CC(=O)OC1=O. The van der Waals surface area contributed by atoms with E-state index in [-0.39, 0.29) is 12.5 Å². The fraction of sp³-hybridized carbons (Fsp3) is 0.385. The van der Waals surface area contributed by atoms with Gasteiger partial charge in [0.2, 0.25) is 0 Å². The van der Waals surface area contributed by atoms with Crippen molar-refractivity contribution >= 4 is 11.9 Å². The number of esters is 2. The molecule has 1 heterocycles. The molecule has 0 aliphatic carbocycles. The summed E-state index contributed by atoms with van der Waals surface area (Å²) >= 11 is 0. The van der Waals surface area contributed by atoms with Crippen molar-refractivity contribution in [2.75, 3.05) is 0 Å². The number of carbonyl (C=O) groups is 2. The van der Waals surface area contributed by atoms with Gasteiger partial charge >= 0.3 is 11.9 Å². The number of hydrogen-bond acceptors (Lipinski definition) is 4. The number of rotatable bonds is 3. The Kier molecular flexibility index (Phi) is 3.13. The van der Waals surface area contributed by atoms with Crippen LogP contribution >= 0.6 is 0 Å². The van der Waals surface area contributed by atoms with E-state index in [1.807, 2.05) is 26.0 Å². The van der Waals surface area contributed by atoms with Crippen LogP contribution in [0.1, 0.15) is 31.7 Å². The van der Waals surface area contributed by atoms with E-state index < -0.39 is 17.9 Å². The van der Waals surface area contributed by atoms with Gasteiger partial charge < -0.3 is 9.47 Å². The molecular formula is C13H14O4. The van der Waals surface area contributed by atoms with Gasteiger partial charge in [-0.2, -0.15) is 0 Å². The lowest BCUT2D eigenvalue weighted by molar-refractivity contribution is -0.152. The van der Waals surface area contributed by atoms with Gasteiger partial charge in [-0.05, 0) is 19.9 Å². The smallest absolute Gasteiger partial charge is 0.321 e. The van der Waals surface area contributed by atoms with E-state index >= 15 is 0 Å². The van der Waals surface area contributed by atoms with Crippen molar-refractivity contribution in [1.82, 2.24) is 0 Å². The fourth-order valence-corrected chi connectivity index (χ4v) is 1.84. The maximum atomic E-state index is 11.5. The molecule has 0 N–H and O–H groups in total. The molecule has 1 aliphatic heterocycles. The van der Waals surface area contributed by atoms with Gasteiger partial charge in [-0.25, -0.2) is 0 Å². The molecule has 1 atom stereocenters. The first-order valence-corrected chi connectivity index (χ1v) is 5.58. The van der Waals surface area contributed by atoms with Gasteiger partial charge in [0.25, 0.3) is 0 Å². The number of carbonyl (C=O) groups excluding carboxylic acids is 2. The molecule has 1 aliphatic rings. The van der Waals surface area contributed by atoms with E-state index in [4.69, 9.17) is 4.74 Å². The topological polar surface area (TPSA) is 52.6 Å². The van der Waals surface area contributed by atoms with Crippen LogP contribution in [0.25, 0.3) is 0 Å². The van der Waals surface area contributed by atoms with Crippen LogP contribution in [0.2, 0.25) is 0 Å². The molecule has 1 unspecified atom stereocenters. The molecule has 0 aromatic heterocycles. The molecule has 1 saturated heterocycles. The molecule has 1 aromatic rings. The first kappa shape index (κ1) is 11.6. The lowest BCUT2D eigenvalue weighted by atomic mass is 9.97. The standard InChI is InChI=1S/C13H14O4/c1-8(2)16-11-6-4-3-5-9(11)10-7-12(14)17-13(10)15/h3-6,8,10H,7H2,1-2H3. The molecular weight excluding hydrogens is 220 g/mol. The average molecular weight is 234 g/mol. The number of para-hydroxylation sites is 1. The molecule has 2 rings (SSSR count). The van der Waals surface area contributed by atoms with E-state index in [0.29, 0.717) is 5.75 Å². The molecule has 0 amide bonds. The van der Waals surface area contributed by atoms with Gasteiger partial charge in [0.15, 0.2) is 0 Å². The van der Waals surface area contributed by atoms with Gasteiger partial charge in [0.1, 0.15) is 5.75 Å². The van der Waals surface area contributed by atoms with Gasteiger partial charge in [0, 0.05) is 5.56 Å². The van der Waals surface area contributed by atoms with E-state index in [1.54, 1.807) is 12.1 Å². The van der Waals surface area contributed by atoms with Crippen LogP contribution in [0.3, 0.4) is 0 Å². The third-order valence-corrected chi connectivity index (χ3v) is 2.53. The van der Waals surface area contributed by atoms with Crippen LogP contribution in [-0.4, -0.2) is 18.0 Å². The first-order valence-electron chi connectivity index (χ1n) is 5.58. The fourth-order valence-electron chi connectivity index (χ4n) is 1.84. The van der Waals surface area contributed by atoms with E-state index in [9.17, 15) is 9.59 Å². The van der Waals surface area contributed by atoms with E-state index in [1.165, 1.54) is 0 Å². The van der Waals surface area contributed by atoms with Gasteiger partial charge in [-0.3, -0.25) is 9.59 Å². The summed E-state index contributed by atoms with van der Waals surface area (Å²) in [4.78, 5) is 22.6. The molecule has 0 bridgehead atoms. The summed E-state index contributed by atoms with van der Waals surface area (Å²) in [6, 6.07) is 7.25. The number of hydrogen-bond donors (Lipinski definition) is 0. The summed E-state index contributed by atoms with van der Waals surface area (Å²) in [6.45, 7) is 3.82. The second-order valence-electron chi connectivity index (χ2n) is 4.25. The summed E-state index contributed by atoms with van der Waals surface area (Å²) < 4.78 is 10.2.